The second kappa shape index (κ2) is 5.75. The molecule has 0 N–H and O–H groups in total. The number of ether oxygens (including phenoxy) is 1. The van der Waals surface area contributed by atoms with Gasteiger partial charge in [0, 0.05) is 11.8 Å². The minimum absolute atomic E-state index is 0.208. The van der Waals surface area contributed by atoms with Gasteiger partial charge in [-0.05, 0) is 29.9 Å². The number of rotatable bonds is 4. The van der Waals surface area contributed by atoms with Crippen LogP contribution in [0.4, 0.5) is 0 Å². The van der Waals surface area contributed by atoms with Gasteiger partial charge in [0.1, 0.15) is 6.10 Å². The maximum atomic E-state index is 6.24. The van der Waals surface area contributed by atoms with Gasteiger partial charge in [-0.2, -0.15) is 0 Å². The lowest BCUT2D eigenvalue weighted by atomic mass is 9.80. The normalized spacial score (nSPS) is 33.2. The lowest BCUT2D eigenvalue weighted by Crippen LogP contribution is -2.38. The highest BCUT2D eigenvalue weighted by Crippen LogP contribution is 2.54. The van der Waals surface area contributed by atoms with Gasteiger partial charge in [-0.15, -0.1) is 0 Å². The van der Waals surface area contributed by atoms with E-state index in [1.54, 1.807) is 0 Å². The Morgan fingerprint density at radius 2 is 1.71 bits per heavy atom. The smallest absolute Gasteiger partial charge is 0.141 e. The molecule has 2 bridgehead atoms. The molecular formula is C21H21NO2. The summed E-state index contributed by atoms with van der Waals surface area (Å²) in [5, 5.41) is 4.45. The van der Waals surface area contributed by atoms with Crippen LogP contribution in [0.15, 0.2) is 65.8 Å². The zero-order valence-corrected chi connectivity index (χ0v) is 13.5. The number of hydrogen-bond acceptors (Lipinski definition) is 3. The fraction of sp³-hybridized carbons (Fsp3) is 0.381. The molecule has 0 saturated heterocycles. The summed E-state index contributed by atoms with van der Waals surface area (Å²) in [6, 6.07) is 20.9. The van der Waals surface area contributed by atoms with Crippen molar-refractivity contribution in [2.45, 2.75) is 31.7 Å². The molecule has 3 aliphatic rings. The van der Waals surface area contributed by atoms with Crippen LogP contribution in [0.2, 0.25) is 0 Å². The summed E-state index contributed by atoms with van der Waals surface area (Å²) in [7, 11) is 0. The Labute approximate surface area is 142 Å². The molecule has 0 amide bonds. The van der Waals surface area contributed by atoms with Crippen LogP contribution in [0.3, 0.4) is 0 Å². The molecular weight excluding hydrogens is 298 g/mol. The van der Waals surface area contributed by atoms with Crippen LogP contribution in [0.25, 0.3) is 0 Å². The molecule has 122 valence electrons. The third kappa shape index (κ3) is 2.27. The molecule has 0 spiro atoms. The molecule has 2 aromatic rings. The fourth-order valence-corrected chi connectivity index (χ4v) is 4.77. The predicted molar refractivity (Wildman–Crippen MR) is 92.6 cm³/mol. The van der Waals surface area contributed by atoms with E-state index in [0.29, 0.717) is 30.5 Å². The monoisotopic (exact) mass is 319 g/mol. The summed E-state index contributed by atoms with van der Waals surface area (Å²) < 4.78 is 6.24. The Kier molecular flexibility index (Phi) is 3.41. The summed E-state index contributed by atoms with van der Waals surface area (Å²) in [6.45, 7) is 0.693. The summed E-state index contributed by atoms with van der Waals surface area (Å²) >= 11 is 0. The molecule has 5 rings (SSSR count). The predicted octanol–water partition coefficient (Wildman–Crippen LogP) is 4.03. The van der Waals surface area contributed by atoms with E-state index < -0.39 is 0 Å². The molecule has 1 heterocycles. The van der Waals surface area contributed by atoms with Crippen molar-refractivity contribution in [1.82, 2.24) is 0 Å². The number of oxime groups is 1. The van der Waals surface area contributed by atoms with E-state index in [1.165, 1.54) is 17.5 Å². The summed E-state index contributed by atoms with van der Waals surface area (Å²) in [5.74, 6) is 1.57. The minimum atomic E-state index is 0.208. The SMILES string of the molecule is c1ccc(CO[C@H]2C[C@@H]3C[C@H]2[C@H]2ON=C(c4ccccc4)[C@@H]32)cc1. The van der Waals surface area contributed by atoms with Crippen molar-refractivity contribution in [3.8, 4) is 0 Å². The lowest BCUT2D eigenvalue weighted by molar-refractivity contribution is -0.0643. The van der Waals surface area contributed by atoms with Crippen molar-refractivity contribution in [1.29, 1.82) is 0 Å². The molecule has 0 radical (unpaired) electrons. The largest absolute Gasteiger partial charge is 0.391 e. The summed E-state index contributed by atoms with van der Waals surface area (Å²) in [6.07, 6.45) is 2.86. The van der Waals surface area contributed by atoms with E-state index in [9.17, 15) is 0 Å². The van der Waals surface area contributed by atoms with Crippen LogP contribution in [0.1, 0.15) is 24.0 Å². The third-order valence-corrected chi connectivity index (χ3v) is 5.84. The maximum absolute atomic E-state index is 6.24. The van der Waals surface area contributed by atoms with Crippen LogP contribution >= 0.6 is 0 Å². The zero-order chi connectivity index (χ0) is 15.9. The van der Waals surface area contributed by atoms with Crippen LogP contribution in [0.5, 0.6) is 0 Å². The van der Waals surface area contributed by atoms with Crippen molar-refractivity contribution in [2.24, 2.45) is 22.9 Å². The zero-order valence-electron chi connectivity index (χ0n) is 13.5. The average molecular weight is 319 g/mol. The van der Waals surface area contributed by atoms with Crippen molar-refractivity contribution in [3.63, 3.8) is 0 Å². The fourth-order valence-electron chi connectivity index (χ4n) is 4.77. The van der Waals surface area contributed by atoms with Crippen molar-refractivity contribution >= 4 is 5.71 Å². The Morgan fingerprint density at radius 1 is 0.958 bits per heavy atom. The minimum Gasteiger partial charge on any atom is -0.391 e. The van der Waals surface area contributed by atoms with Crippen LogP contribution in [-0.2, 0) is 16.2 Å². The molecule has 24 heavy (non-hydrogen) atoms. The quantitative estimate of drug-likeness (QED) is 0.852. The second-order valence-corrected chi connectivity index (χ2v) is 7.17. The van der Waals surface area contributed by atoms with Crippen molar-refractivity contribution < 1.29 is 9.57 Å². The first-order chi connectivity index (χ1) is 11.9. The van der Waals surface area contributed by atoms with Gasteiger partial charge in [-0.3, -0.25) is 0 Å². The number of nitrogens with zero attached hydrogens (tertiary/aromatic N) is 1. The number of benzene rings is 2. The van der Waals surface area contributed by atoms with E-state index in [-0.39, 0.29) is 6.10 Å². The number of hydrogen-bond donors (Lipinski definition) is 0. The Hall–Kier alpha value is -2.13. The van der Waals surface area contributed by atoms with E-state index >= 15 is 0 Å². The van der Waals surface area contributed by atoms with Gasteiger partial charge in [0.2, 0.25) is 0 Å². The molecule has 2 fully saturated rings. The van der Waals surface area contributed by atoms with E-state index in [0.717, 1.165) is 12.1 Å². The molecule has 5 atom stereocenters. The standard InChI is InChI=1S/C21H21NO2/c1-3-7-14(8-4-1)13-23-18-12-16-11-17(18)21-19(16)20(22-24-21)15-9-5-2-6-10-15/h1-10,16-19,21H,11-13H2/t16-,17+,18-,19+,21+/m0/s1. The second-order valence-electron chi connectivity index (χ2n) is 7.17. The highest BCUT2D eigenvalue weighted by molar-refractivity contribution is 6.03. The molecule has 2 aromatic carbocycles. The highest BCUT2D eigenvalue weighted by atomic mass is 16.6. The van der Waals surface area contributed by atoms with Gasteiger partial charge in [0.25, 0.3) is 0 Å². The van der Waals surface area contributed by atoms with Crippen LogP contribution in [0, 0.1) is 17.8 Å². The molecule has 0 unspecified atom stereocenters. The van der Waals surface area contributed by atoms with Gasteiger partial charge in [-0.1, -0.05) is 65.8 Å². The van der Waals surface area contributed by atoms with Gasteiger partial charge in [0.05, 0.1) is 18.4 Å². The summed E-state index contributed by atoms with van der Waals surface area (Å²) in [4.78, 5) is 5.87. The first-order valence-electron chi connectivity index (χ1n) is 8.85. The Morgan fingerprint density at radius 3 is 2.50 bits per heavy atom. The van der Waals surface area contributed by atoms with E-state index in [2.05, 4.69) is 53.7 Å². The third-order valence-electron chi connectivity index (χ3n) is 5.84. The first kappa shape index (κ1) is 14.2. The first-order valence-corrected chi connectivity index (χ1v) is 8.85. The van der Waals surface area contributed by atoms with Gasteiger partial charge < -0.3 is 9.57 Å². The Balaban J connectivity index is 1.28. The van der Waals surface area contributed by atoms with E-state index in [4.69, 9.17) is 9.57 Å². The van der Waals surface area contributed by atoms with Crippen LogP contribution < -0.4 is 0 Å². The van der Waals surface area contributed by atoms with Crippen LogP contribution in [-0.4, -0.2) is 17.9 Å². The number of fused-ring (bicyclic) bond motifs is 5. The molecule has 0 aromatic heterocycles. The van der Waals surface area contributed by atoms with Gasteiger partial charge in [0.15, 0.2) is 0 Å². The van der Waals surface area contributed by atoms with Gasteiger partial charge in [-0.25, -0.2) is 0 Å². The van der Waals surface area contributed by atoms with E-state index in [1.807, 2.05) is 12.1 Å². The Bertz CT molecular complexity index is 743. The molecule has 3 heteroatoms. The summed E-state index contributed by atoms with van der Waals surface area (Å²) in [5.41, 5.74) is 3.60. The molecule has 1 aliphatic heterocycles. The topological polar surface area (TPSA) is 30.8 Å². The lowest BCUT2D eigenvalue weighted by Gasteiger charge is -2.30. The van der Waals surface area contributed by atoms with Crippen molar-refractivity contribution in [3.05, 3.63) is 71.8 Å². The average Bonchev–Trinajstić information content (AvgIpc) is 3.33. The molecule has 2 saturated carbocycles. The highest BCUT2D eigenvalue weighted by Gasteiger charge is 2.58. The van der Waals surface area contributed by atoms with Crippen molar-refractivity contribution in [2.75, 3.05) is 0 Å². The van der Waals surface area contributed by atoms with Gasteiger partial charge >= 0.3 is 0 Å². The molecule has 2 aliphatic carbocycles. The maximum Gasteiger partial charge on any atom is 0.141 e. The molecule has 3 nitrogen and oxygen atoms in total.